The summed E-state index contributed by atoms with van der Waals surface area (Å²) in [7, 11) is -2.33. The lowest BCUT2D eigenvalue weighted by molar-refractivity contribution is 0.198. The number of aromatic nitrogens is 2. The summed E-state index contributed by atoms with van der Waals surface area (Å²) in [4.78, 5) is 2.50. The second kappa shape index (κ2) is 9.77. The van der Waals surface area contributed by atoms with Gasteiger partial charge < -0.3 is 4.90 Å². The maximum Gasteiger partial charge on any atom is 0.123 e. The van der Waals surface area contributed by atoms with Gasteiger partial charge in [-0.15, -0.1) is 0 Å². The molecule has 1 saturated heterocycles. The van der Waals surface area contributed by atoms with E-state index in [1.165, 1.54) is 17.4 Å². The van der Waals surface area contributed by atoms with E-state index in [-0.39, 0.29) is 11.0 Å². The average molecular weight is 482 g/mol. The van der Waals surface area contributed by atoms with Gasteiger partial charge in [-0.3, -0.25) is 4.67 Å². The minimum Gasteiger partial charge on any atom is -0.301 e. The van der Waals surface area contributed by atoms with Crippen molar-refractivity contribution in [1.82, 2.24) is 19.4 Å². The van der Waals surface area contributed by atoms with E-state index in [1.807, 2.05) is 30.3 Å². The molecule has 0 unspecified atom stereocenters. The monoisotopic (exact) mass is 481 g/mol. The van der Waals surface area contributed by atoms with Gasteiger partial charge in [0.15, 0.2) is 0 Å². The molecule has 2 aromatic carbocycles. The molecule has 0 saturated carbocycles. The van der Waals surface area contributed by atoms with Gasteiger partial charge in [0.2, 0.25) is 0 Å². The Morgan fingerprint density at radius 2 is 1.56 bits per heavy atom. The van der Waals surface area contributed by atoms with E-state index in [0.717, 1.165) is 55.5 Å². The average Bonchev–Trinajstić information content (AvgIpc) is 3.13. The highest BCUT2D eigenvalue weighted by Gasteiger charge is 2.45. The van der Waals surface area contributed by atoms with Crippen LogP contribution in [0.1, 0.15) is 39.1 Å². The van der Waals surface area contributed by atoms with Crippen molar-refractivity contribution in [1.29, 1.82) is 0 Å². The third-order valence-electron chi connectivity index (χ3n) is 6.79. The Bertz CT molecular complexity index is 1170. The quantitative estimate of drug-likeness (QED) is 0.411. The van der Waals surface area contributed by atoms with Crippen molar-refractivity contribution in [2.75, 3.05) is 32.7 Å². The Morgan fingerprint density at radius 3 is 2.12 bits per heavy atom. The number of benzene rings is 2. The topological polar surface area (TPSA) is 36.7 Å². The summed E-state index contributed by atoms with van der Waals surface area (Å²) in [5.74, 6) is -0.237. The van der Waals surface area contributed by atoms with Crippen molar-refractivity contribution in [3.05, 3.63) is 71.8 Å². The van der Waals surface area contributed by atoms with E-state index in [4.69, 9.17) is 9.84 Å². The number of hydrogen-bond donors (Lipinski definition) is 0. The minimum atomic E-state index is -2.33. The molecule has 1 fully saturated rings. The Labute approximate surface area is 203 Å². The zero-order valence-corrected chi connectivity index (χ0v) is 22.2. The third-order valence-corrected chi connectivity index (χ3v) is 11.7. The molecule has 0 aliphatic carbocycles. The van der Waals surface area contributed by atoms with Crippen LogP contribution in [-0.4, -0.2) is 57.2 Å². The highest BCUT2D eigenvalue weighted by molar-refractivity contribution is 7.73. The van der Waals surface area contributed by atoms with Gasteiger partial charge in [-0.05, 0) is 56.8 Å². The number of rotatable bonds is 5. The summed E-state index contributed by atoms with van der Waals surface area (Å²) < 4.78 is 24.0. The summed E-state index contributed by atoms with van der Waals surface area (Å²) >= 11 is 0. The van der Waals surface area contributed by atoms with E-state index < -0.39 is 7.21 Å². The largest absolute Gasteiger partial charge is 0.301 e. The number of para-hydroxylation sites is 1. The van der Waals surface area contributed by atoms with Crippen LogP contribution in [0.2, 0.25) is 0 Å². The molecule has 4 rings (SSSR count). The molecule has 1 aromatic heterocycles. The van der Waals surface area contributed by atoms with E-state index in [0.29, 0.717) is 0 Å². The van der Waals surface area contributed by atoms with E-state index >= 15 is 0 Å². The van der Waals surface area contributed by atoms with Crippen LogP contribution in [0, 0.1) is 19.7 Å². The van der Waals surface area contributed by atoms with Gasteiger partial charge in [0, 0.05) is 31.3 Å². The first-order valence-corrected chi connectivity index (χ1v) is 13.8. The van der Waals surface area contributed by atoms with Crippen LogP contribution in [0.5, 0.6) is 0 Å². The molecule has 7 heteroatoms. The summed E-state index contributed by atoms with van der Waals surface area (Å²) in [6.45, 7) is 18.5. The number of halogens is 1. The highest BCUT2D eigenvalue weighted by Crippen LogP contribution is 2.65. The van der Waals surface area contributed by atoms with Crippen LogP contribution >= 0.6 is 7.21 Å². The van der Waals surface area contributed by atoms with E-state index in [1.54, 1.807) is 0 Å². The summed E-state index contributed by atoms with van der Waals surface area (Å²) in [5, 5.41) is 6.13. The zero-order chi connectivity index (χ0) is 24.5. The molecule has 182 valence electrons. The zero-order valence-electron chi connectivity index (χ0n) is 21.3. The Balaban J connectivity index is 2.00. The first-order chi connectivity index (χ1) is 16.2. The maximum absolute atomic E-state index is 13.8. The summed E-state index contributed by atoms with van der Waals surface area (Å²) in [6, 6.07) is 17.0. The van der Waals surface area contributed by atoms with Crippen molar-refractivity contribution in [3.63, 3.8) is 0 Å². The molecule has 34 heavy (non-hydrogen) atoms. The molecule has 0 N–H and O–H groups in total. The Kier molecular flexibility index (Phi) is 7.14. The molecule has 1 atom stereocenters. The molecule has 0 radical (unpaired) electrons. The molecular formula is C27H37FN5P. The highest BCUT2D eigenvalue weighted by atomic mass is 31.2. The van der Waals surface area contributed by atoms with Crippen LogP contribution in [0.15, 0.2) is 59.3 Å². The lowest BCUT2D eigenvalue weighted by Gasteiger charge is -2.48. The van der Waals surface area contributed by atoms with Gasteiger partial charge in [0.25, 0.3) is 0 Å². The van der Waals surface area contributed by atoms with Gasteiger partial charge >= 0.3 is 0 Å². The van der Waals surface area contributed by atoms with Crippen LogP contribution in [0.25, 0.3) is 5.69 Å². The van der Waals surface area contributed by atoms with Crippen molar-refractivity contribution in [2.24, 2.45) is 4.74 Å². The fraction of sp³-hybridized carbons (Fsp3) is 0.444. The molecule has 1 aliphatic rings. The van der Waals surface area contributed by atoms with Crippen molar-refractivity contribution >= 4 is 18.2 Å². The second-order valence-electron chi connectivity index (χ2n) is 10.0. The number of hydrogen-bond acceptors (Lipinski definition) is 3. The van der Waals surface area contributed by atoms with Crippen LogP contribution in [-0.2, 0) is 0 Å². The smallest absolute Gasteiger partial charge is 0.123 e. The standard InChI is InChI=1S/C27H37FN5P/c1-7-31-17-19-32(20-18-31)34(27(4,5)6,30-24-15-13-23(28)14-16-24)26-21(2)29-33(22(26)3)25-11-9-8-10-12-25/h8-16H,7,17-20H2,1-6H3/t34-/m0/s1. The fourth-order valence-electron chi connectivity index (χ4n) is 5.09. The van der Waals surface area contributed by atoms with Gasteiger partial charge in [0.1, 0.15) is 5.82 Å². The predicted molar refractivity (Wildman–Crippen MR) is 142 cm³/mol. The van der Waals surface area contributed by atoms with Gasteiger partial charge in [-0.1, -0.05) is 45.9 Å². The third kappa shape index (κ3) is 4.51. The minimum absolute atomic E-state index is 0.143. The molecule has 0 spiro atoms. The Morgan fingerprint density at radius 1 is 0.941 bits per heavy atom. The number of piperazine rings is 1. The van der Waals surface area contributed by atoms with E-state index in [9.17, 15) is 4.39 Å². The van der Waals surface area contributed by atoms with Crippen LogP contribution in [0.4, 0.5) is 10.1 Å². The molecule has 2 heterocycles. The van der Waals surface area contributed by atoms with Crippen molar-refractivity contribution in [3.8, 4) is 5.69 Å². The maximum atomic E-state index is 13.8. The van der Waals surface area contributed by atoms with Gasteiger partial charge in [-0.25, -0.2) is 13.8 Å². The first kappa shape index (κ1) is 24.8. The molecular weight excluding hydrogens is 444 g/mol. The normalized spacial score (nSPS) is 17.5. The molecule has 3 aromatic rings. The summed E-state index contributed by atoms with van der Waals surface area (Å²) in [5.41, 5.74) is 4.04. The molecule has 5 nitrogen and oxygen atoms in total. The first-order valence-electron chi connectivity index (χ1n) is 12.2. The number of likely N-dealkylation sites (N-methyl/N-ethyl adjacent to an activating group) is 1. The van der Waals surface area contributed by atoms with Crippen LogP contribution in [0.3, 0.4) is 0 Å². The fourth-order valence-corrected chi connectivity index (χ4v) is 9.68. The van der Waals surface area contributed by atoms with Crippen molar-refractivity contribution in [2.45, 2.75) is 46.7 Å². The van der Waals surface area contributed by atoms with Gasteiger partial charge in [-0.2, -0.15) is 5.10 Å². The van der Waals surface area contributed by atoms with E-state index in [2.05, 4.69) is 67.9 Å². The lowest BCUT2D eigenvalue weighted by Crippen LogP contribution is -2.49. The summed E-state index contributed by atoms with van der Waals surface area (Å²) in [6.07, 6.45) is 0. The predicted octanol–water partition coefficient (Wildman–Crippen LogP) is 6.14. The number of aryl methyl sites for hydroxylation is 1. The van der Waals surface area contributed by atoms with Gasteiger partial charge in [0.05, 0.1) is 35.3 Å². The molecule has 0 amide bonds. The Hall–Kier alpha value is -2.27. The van der Waals surface area contributed by atoms with Crippen LogP contribution < -0.4 is 5.30 Å². The second-order valence-corrected chi connectivity index (χ2v) is 13.8. The van der Waals surface area contributed by atoms with Crippen molar-refractivity contribution < 1.29 is 4.39 Å². The lowest BCUT2D eigenvalue weighted by atomic mass is 10.3. The molecule has 1 aliphatic heterocycles. The SMILES string of the molecule is CCN1CCN([P@@](=Nc2ccc(F)cc2)(c2c(C)nn(-c3ccccc3)c2C)C(C)(C)C)CC1. The number of nitrogens with zero attached hydrogens (tertiary/aromatic N) is 5. The molecule has 0 bridgehead atoms.